The maximum absolute atomic E-state index is 13.1. The van der Waals surface area contributed by atoms with E-state index in [2.05, 4.69) is 4.98 Å². The first-order valence-corrected chi connectivity index (χ1v) is 5.58. The molecule has 1 heterocycles. The summed E-state index contributed by atoms with van der Waals surface area (Å²) in [5.74, 6) is -0.435. The molecule has 0 aliphatic carbocycles. The highest BCUT2D eigenvalue weighted by Gasteiger charge is 2.14. The lowest BCUT2D eigenvalue weighted by Crippen LogP contribution is -2.04. The third-order valence-corrected chi connectivity index (χ3v) is 2.77. The van der Waals surface area contributed by atoms with Gasteiger partial charge < -0.3 is 5.11 Å². The molecule has 88 valence electrons. The number of pyridine rings is 1. The van der Waals surface area contributed by atoms with Gasteiger partial charge in [0.05, 0.1) is 6.20 Å². The summed E-state index contributed by atoms with van der Waals surface area (Å²) >= 11 is 0. The number of benzene rings is 1. The fraction of sp³-hybridized carbons (Fsp3) is 0.214. The molecule has 1 atom stereocenters. The van der Waals surface area contributed by atoms with Crippen molar-refractivity contribution in [2.45, 2.75) is 19.4 Å². The molecule has 0 fully saturated rings. The van der Waals surface area contributed by atoms with Crippen LogP contribution in [-0.4, -0.2) is 10.1 Å². The van der Waals surface area contributed by atoms with Gasteiger partial charge in [-0.25, -0.2) is 4.39 Å². The molecule has 1 N–H and O–H groups in total. The van der Waals surface area contributed by atoms with Gasteiger partial charge in [0, 0.05) is 11.8 Å². The van der Waals surface area contributed by atoms with Crippen LogP contribution in [0.1, 0.15) is 29.7 Å². The topological polar surface area (TPSA) is 33.1 Å². The second-order valence-electron chi connectivity index (χ2n) is 3.89. The first kappa shape index (κ1) is 11.7. The maximum Gasteiger partial charge on any atom is 0.141 e. The molecule has 2 aromatic rings. The number of hydrogen-bond donors (Lipinski definition) is 1. The van der Waals surface area contributed by atoms with Gasteiger partial charge in [-0.15, -0.1) is 0 Å². The molecule has 1 aromatic carbocycles. The molecule has 0 saturated carbocycles. The van der Waals surface area contributed by atoms with Gasteiger partial charge in [-0.3, -0.25) is 4.98 Å². The van der Waals surface area contributed by atoms with E-state index in [9.17, 15) is 9.50 Å². The van der Waals surface area contributed by atoms with E-state index in [1.165, 1.54) is 12.3 Å². The van der Waals surface area contributed by atoms with Gasteiger partial charge in [-0.05, 0) is 23.6 Å². The van der Waals surface area contributed by atoms with E-state index in [0.29, 0.717) is 5.56 Å². The van der Waals surface area contributed by atoms with E-state index in [1.807, 2.05) is 31.2 Å². The van der Waals surface area contributed by atoms with Crippen LogP contribution >= 0.6 is 0 Å². The Morgan fingerprint density at radius 2 is 2.06 bits per heavy atom. The fourth-order valence-corrected chi connectivity index (χ4v) is 1.88. The van der Waals surface area contributed by atoms with Crippen LogP contribution in [-0.2, 0) is 6.42 Å². The zero-order chi connectivity index (χ0) is 12.3. The summed E-state index contributed by atoms with van der Waals surface area (Å²) in [5.41, 5.74) is 2.34. The van der Waals surface area contributed by atoms with Crippen molar-refractivity contribution in [1.82, 2.24) is 4.98 Å². The summed E-state index contributed by atoms with van der Waals surface area (Å²) in [6.07, 6.45) is 2.62. The fourth-order valence-electron chi connectivity index (χ4n) is 1.88. The van der Waals surface area contributed by atoms with E-state index in [4.69, 9.17) is 0 Å². The minimum Gasteiger partial charge on any atom is -0.384 e. The smallest absolute Gasteiger partial charge is 0.141 e. The Morgan fingerprint density at radius 3 is 2.76 bits per heavy atom. The molecule has 0 radical (unpaired) electrons. The van der Waals surface area contributed by atoms with E-state index in [-0.39, 0.29) is 0 Å². The largest absolute Gasteiger partial charge is 0.384 e. The van der Waals surface area contributed by atoms with Gasteiger partial charge in [0.2, 0.25) is 0 Å². The highest BCUT2D eigenvalue weighted by Crippen LogP contribution is 2.25. The third kappa shape index (κ3) is 2.50. The Balaban J connectivity index is 2.40. The lowest BCUT2D eigenvalue weighted by Gasteiger charge is -2.14. The standard InChI is InChI=1S/C14H14FNO/c1-2-10-5-3-4-6-13(10)14(17)11-7-12(15)9-16-8-11/h3-9,14,17H,2H2,1H3. The number of aryl methyl sites for hydroxylation is 1. The van der Waals surface area contributed by atoms with Crippen molar-refractivity contribution >= 4 is 0 Å². The number of rotatable bonds is 3. The Labute approximate surface area is 99.8 Å². The van der Waals surface area contributed by atoms with Gasteiger partial charge in [-0.1, -0.05) is 31.2 Å². The van der Waals surface area contributed by atoms with Crippen molar-refractivity contribution in [3.63, 3.8) is 0 Å². The zero-order valence-corrected chi connectivity index (χ0v) is 9.60. The second-order valence-corrected chi connectivity index (χ2v) is 3.89. The minimum atomic E-state index is -0.825. The lowest BCUT2D eigenvalue weighted by molar-refractivity contribution is 0.218. The van der Waals surface area contributed by atoms with Crippen molar-refractivity contribution in [2.24, 2.45) is 0 Å². The molecule has 17 heavy (non-hydrogen) atoms. The normalized spacial score (nSPS) is 12.4. The average Bonchev–Trinajstić information content (AvgIpc) is 2.38. The van der Waals surface area contributed by atoms with Crippen LogP contribution in [0.4, 0.5) is 4.39 Å². The van der Waals surface area contributed by atoms with Crippen LogP contribution in [0.3, 0.4) is 0 Å². The molecule has 0 bridgehead atoms. The molecule has 0 amide bonds. The first-order chi connectivity index (χ1) is 8.22. The highest BCUT2D eigenvalue weighted by molar-refractivity contribution is 5.35. The summed E-state index contributed by atoms with van der Waals surface area (Å²) in [6, 6.07) is 8.92. The average molecular weight is 231 g/mol. The van der Waals surface area contributed by atoms with Crippen molar-refractivity contribution in [1.29, 1.82) is 0 Å². The van der Waals surface area contributed by atoms with E-state index >= 15 is 0 Å². The maximum atomic E-state index is 13.1. The Morgan fingerprint density at radius 1 is 1.29 bits per heavy atom. The molecule has 2 nitrogen and oxygen atoms in total. The number of aliphatic hydroxyl groups is 1. The Kier molecular flexibility index (Phi) is 3.49. The molecule has 1 aromatic heterocycles. The summed E-state index contributed by atoms with van der Waals surface area (Å²) in [6.45, 7) is 2.02. The lowest BCUT2D eigenvalue weighted by atomic mass is 9.96. The monoisotopic (exact) mass is 231 g/mol. The molecule has 0 saturated heterocycles. The second kappa shape index (κ2) is 5.06. The van der Waals surface area contributed by atoms with Crippen molar-refractivity contribution in [2.75, 3.05) is 0 Å². The zero-order valence-electron chi connectivity index (χ0n) is 9.60. The molecule has 0 aliphatic rings. The number of nitrogens with zero attached hydrogens (tertiary/aromatic N) is 1. The predicted molar refractivity (Wildman–Crippen MR) is 64.1 cm³/mol. The Bertz CT molecular complexity index is 513. The predicted octanol–water partition coefficient (Wildman–Crippen LogP) is 2.86. The van der Waals surface area contributed by atoms with Gasteiger partial charge >= 0.3 is 0 Å². The van der Waals surface area contributed by atoms with E-state index < -0.39 is 11.9 Å². The molecular weight excluding hydrogens is 217 g/mol. The molecule has 2 rings (SSSR count). The van der Waals surface area contributed by atoms with Gasteiger partial charge in [-0.2, -0.15) is 0 Å². The highest BCUT2D eigenvalue weighted by atomic mass is 19.1. The van der Waals surface area contributed by atoms with Crippen LogP contribution in [0.15, 0.2) is 42.7 Å². The van der Waals surface area contributed by atoms with Crippen molar-refractivity contribution in [3.8, 4) is 0 Å². The third-order valence-electron chi connectivity index (χ3n) is 2.77. The van der Waals surface area contributed by atoms with Crippen LogP contribution in [0.5, 0.6) is 0 Å². The van der Waals surface area contributed by atoms with E-state index in [1.54, 1.807) is 0 Å². The molecule has 0 spiro atoms. The van der Waals surface area contributed by atoms with Crippen LogP contribution in [0.2, 0.25) is 0 Å². The number of halogens is 1. The van der Waals surface area contributed by atoms with Crippen LogP contribution in [0, 0.1) is 5.82 Å². The minimum absolute atomic E-state index is 0.435. The Hall–Kier alpha value is -1.74. The van der Waals surface area contributed by atoms with Gasteiger partial charge in [0.1, 0.15) is 11.9 Å². The number of hydrogen-bond acceptors (Lipinski definition) is 2. The molecule has 1 unspecified atom stereocenters. The SMILES string of the molecule is CCc1ccccc1C(O)c1cncc(F)c1. The number of aromatic nitrogens is 1. The molecular formula is C14H14FNO. The van der Waals surface area contributed by atoms with Gasteiger partial charge in [0.25, 0.3) is 0 Å². The summed E-state index contributed by atoms with van der Waals surface area (Å²) in [5, 5.41) is 10.2. The van der Waals surface area contributed by atoms with Crippen molar-refractivity contribution in [3.05, 3.63) is 65.2 Å². The molecule has 0 aliphatic heterocycles. The summed E-state index contributed by atoms with van der Waals surface area (Å²) in [7, 11) is 0. The van der Waals surface area contributed by atoms with E-state index in [0.717, 1.165) is 23.7 Å². The first-order valence-electron chi connectivity index (χ1n) is 5.58. The summed E-state index contributed by atoms with van der Waals surface area (Å²) in [4.78, 5) is 3.75. The summed E-state index contributed by atoms with van der Waals surface area (Å²) < 4.78 is 13.1. The van der Waals surface area contributed by atoms with Gasteiger partial charge in [0.15, 0.2) is 0 Å². The quantitative estimate of drug-likeness (QED) is 0.881. The number of aliphatic hydroxyl groups excluding tert-OH is 1. The van der Waals surface area contributed by atoms with Crippen molar-refractivity contribution < 1.29 is 9.50 Å². The van der Waals surface area contributed by atoms with Crippen LogP contribution in [0.25, 0.3) is 0 Å². The van der Waals surface area contributed by atoms with Crippen LogP contribution < -0.4 is 0 Å². The molecule has 3 heteroatoms.